The van der Waals surface area contributed by atoms with Crippen LogP contribution < -0.4 is 9.60 Å². The van der Waals surface area contributed by atoms with Crippen LogP contribution in [0.1, 0.15) is 11.5 Å². The molecule has 0 aliphatic rings. The summed E-state index contributed by atoms with van der Waals surface area (Å²) in [6.07, 6.45) is 0. The molecule has 0 aliphatic carbocycles. The van der Waals surface area contributed by atoms with E-state index in [0.29, 0.717) is 38.2 Å². The number of fused-ring (bicyclic) bond motifs is 1. The summed E-state index contributed by atoms with van der Waals surface area (Å²) < 4.78 is 35.5. The molecule has 0 saturated carbocycles. The minimum Gasteiger partial charge on any atom is -0.338 e. The summed E-state index contributed by atoms with van der Waals surface area (Å²) in [6, 6.07) is 18.7. The lowest BCUT2D eigenvalue weighted by Gasteiger charge is -2.07. The molecule has 0 spiro atoms. The predicted molar refractivity (Wildman–Crippen MR) is 135 cm³/mol. The molecule has 5 aromatic rings. The second-order valence-electron chi connectivity index (χ2n) is 7.56. The van der Waals surface area contributed by atoms with E-state index < -0.39 is 10.0 Å². The van der Waals surface area contributed by atoms with E-state index in [2.05, 4.69) is 14.9 Å². The van der Waals surface area contributed by atoms with Crippen molar-refractivity contribution in [1.29, 1.82) is 0 Å². The van der Waals surface area contributed by atoms with Crippen molar-refractivity contribution in [2.24, 2.45) is 0 Å². The summed E-state index contributed by atoms with van der Waals surface area (Å²) in [6.45, 7) is 0.161. The van der Waals surface area contributed by atoms with Gasteiger partial charge in [-0.3, -0.25) is 9.36 Å². The van der Waals surface area contributed by atoms with Crippen LogP contribution in [0.15, 0.2) is 80.9 Å². The third-order valence-corrected chi connectivity index (χ3v) is 8.00. The molecule has 0 fully saturated rings. The number of rotatable bonds is 7. The summed E-state index contributed by atoms with van der Waals surface area (Å²) in [7, 11) is -3.90. The molecule has 3 aromatic carbocycles. The van der Waals surface area contributed by atoms with Gasteiger partial charge in [0.15, 0.2) is 0 Å². The zero-order valence-electron chi connectivity index (χ0n) is 17.8. The maximum Gasteiger partial charge on any atom is 0.308 e. The second kappa shape index (κ2) is 9.56. The van der Waals surface area contributed by atoms with Crippen molar-refractivity contribution in [3.05, 3.63) is 97.9 Å². The number of hydrogen-bond acceptors (Lipinski definition) is 7. The highest BCUT2D eigenvalue weighted by atomic mass is 35.5. The standard InChI is InChI=1S/C23H16Cl2N4O4S2/c24-16-6-4-14(5-7-16)13-29-19-9-8-18(11-20(19)34-23(29)30)35(31,32)26-12-21-27-22(28-33-21)15-2-1-3-17(25)10-15/h1-11,26H,12-13H2. The molecular weight excluding hydrogens is 531 g/mol. The zero-order chi connectivity index (χ0) is 24.6. The molecule has 5 rings (SSSR count). The van der Waals surface area contributed by atoms with E-state index in [-0.39, 0.29) is 22.2 Å². The van der Waals surface area contributed by atoms with Gasteiger partial charge in [-0.15, -0.1) is 0 Å². The highest BCUT2D eigenvalue weighted by molar-refractivity contribution is 7.89. The minimum absolute atomic E-state index is 0.0273. The monoisotopic (exact) mass is 546 g/mol. The quantitative estimate of drug-likeness (QED) is 0.309. The Morgan fingerprint density at radius 3 is 2.57 bits per heavy atom. The van der Waals surface area contributed by atoms with Crippen molar-refractivity contribution in [2.75, 3.05) is 0 Å². The van der Waals surface area contributed by atoms with Crippen LogP contribution in [-0.4, -0.2) is 23.1 Å². The normalized spacial score (nSPS) is 11.8. The van der Waals surface area contributed by atoms with Gasteiger partial charge in [0.2, 0.25) is 21.7 Å². The highest BCUT2D eigenvalue weighted by Gasteiger charge is 2.19. The first-order valence-corrected chi connectivity index (χ1v) is 13.3. The second-order valence-corrected chi connectivity index (χ2v) is 11.2. The minimum atomic E-state index is -3.90. The Labute approximate surface area is 213 Å². The van der Waals surface area contributed by atoms with Crippen molar-refractivity contribution < 1.29 is 12.9 Å². The van der Waals surface area contributed by atoms with Crippen molar-refractivity contribution in [3.63, 3.8) is 0 Å². The van der Waals surface area contributed by atoms with Crippen LogP contribution in [0.2, 0.25) is 10.0 Å². The van der Waals surface area contributed by atoms with E-state index in [1.165, 1.54) is 12.1 Å². The van der Waals surface area contributed by atoms with Gasteiger partial charge in [-0.05, 0) is 48.0 Å². The van der Waals surface area contributed by atoms with E-state index in [1.807, 2.05) is 12.1 Å². The molecule has 0 amide bonds. The first-order valence-electron chi connectivity index (χ1n) is 10.2. The van der Waals surface area contributed by atoms with Gasteiger partial charge in [0.25, 0.3) is 0 Å². The van der Waals surface area contributed by atoms with Crippen LogP contribution in [0.3, 0.4) is 0 Å². The molecule has 0 bridgehead atoms. The first-order chi connectivity index (χ1) is 16.8. The number of thiazole rings is 1. The molecule has 0 aliphatic heterocycles. The Balaban J connectivity index is 1.34. The van der Waals surface area contributed by atoms with E-state index in [9.17, 15) is 13.2 Å². The van der Waals surface area contributed by atoms with Crippen LogP contribution >= 0.6 is 34.5 Å². The third-order valence-electron chi connectivity index (χ3n) is 5.17. The molecule has 8 nitrogen and oxygen atoms in total. The lowest BCUT2D eigenvalue weighted by molar-refractivity contribution is 0.376. The summed E-state index contributed by atoms with van der Waals surface area (Å²) in [5.74, 6) is 0.401. The molecule has 2 heterocycles. The van der Waals surface area contributed by atoms with E-state index >= 15 is 0 Å². The number of aromatic nitrogens is 3. The summed E-state index contributed by atoms with van der Waals surface area (Å²) in [5, 5.41) is 5.00. The Hall–Kier alpha value is -3.02. The van der Waals surface area contributed by atoms with Gasteiger partial charge in [0, 0.05) is 15.6 Å². The summed E-state index contributed by atoms with van der Waals surface area (Å²) in [4.78, 5) is 16.6. The molecule has 0 saturated heterocycles. The van der Waals surface area contributed by atoms with Crippen molar-refractivity contribution in [2.45, 2.75) is 18.0 Å². The summed E-state index contributed by atoms with van der Waals surface area (Å²) >= 11 is 12.9. The van der Waals surface area contributed by atoms with Crippen LogP contribution in [0.5, 0.6) is 0 Å². The SMILES string of the molecule is O=c1sc2cc(S(=O)(=O)NCc3nc(-c4cccc(Cl)c4)no3)ccc2n1Cc1ccc(Cl)cc1. The maximum atomic E-state index is 12.9. The molecule has 178 valence electrons. The molecule has 1 N–H and O–H groups in total. The van der Waals surface area contributed by atoms with Crippen LogP contribution in [0.25, 0.3) is 21.6 Å². The van der Waals surface area contributed by atoms with Crippen LogP contribution in [0, 0.1) is 0 Å². The van der Waals surface area contributed by atoms with Gasteiger partial charge in [0.1, 0.15) is 0 Å². The lowest BCUT2D eigenvalue weighted by atomic mass is 10.2. The Kier molecular flexibility index (Phi) is 6.47. The molecule has 0 radical (unpaired) electrons. The van der Waals surface area contributed by atoms with Crippen molar-refractivity contribution in [1.82, 2.24) is 19.4 Å². The van der Waals surface area contributed by atoms with Crippen LogP contribution in [0.4, 0.5) is 0 Å². The van der Waals surface area contributed by atoms with Gasteiger partial charge in [0.05, 0.1) is 28.2 Å². The smallest absolute Gasteiger partial charge is 0.308 e. The Morgan fingerprint density at radius 2 is 1.80 bits per heavy atom. The fourth-order valence-corrected chi connectivity index (χ4v) is 5.77. The highest BCUT2D eigenvalue weighted by Crippen LogP contribution is 2.24. The predicted octanol–water partition coefficient (Wildman–Crippen LogP) is 4.95. The topological polar surface area (TPSA) is 107 Å². The van der Waals surface area contributed by atoms with Crippen molar-refractivity contribution in [3.8, 4) is 11.4 Å². The first kappa shape index (κ1) is 23.7. The molecule has 2 aromatic heterocycles. The molecule has 0 unspecified atom stereocenters. The number of benzene rings is 3. The van der Waals surface area contributed by atoms with Gasteiger partial charge in [-0.1, -0.05) is 64.0 Å². The third kappa shape index (κ3) is 5.16. The van der Waals surface area contributed by atoms with Gasteiger partial charge in [-0.2, -0.15) is 4.98 Å². The largest absolute Gasteiger partial charge is 0.338 e. The fourth-order valence-electron chi connectivity index (χ4n) is 3.45. The van der Waals surface area contributed by atoms with E-state index in [4.69, 9.17) is 27.7 Å². The van der Waals surface area contributed by atoms with E-state index in [0.717, 1.165) is 16.9 Å². The van der Waals surface area contributed by atoms with Gasteiger partial charge in [-0.25, -0.2) is 13.1 Å². The fraction of sp³-hybridized carbons (Fsp3) is 0.0870. The molecule has 12 heteroatoms. The average Bonchev–Trinajstić information content (AvgIpc) is 3.43. The average molecular weight is 547 g/mol. The number of hydrogen-bond donors (Lipinski definition) is 1. The van der Waals surface area contributed by atoms with Crippen LogP contribution in [-0.2, 0) is 23.1 Å². The number of nitrogens with zero attached hydrogens (tertiary/aromatic N) is 3. The molecular formula is C23H16Cl2N4O4S2. The Morgan fingerprint density at radius 1 is 1.00 bits per heavy atom. The number of sulfonamides is 1. The van der Waals surface area contributed by atoms with Crippen molar-refractivity contribution >= 4 is 54.8 Å². The maximum absolute atomic E-state index is 12.9. The Bertz CT molecular complexity index is 1690. The summed E-state index contributed by atoms with van der Waals surface area (Å²) in [5.41, 5.74) is 2.21. The number of halogens is 2. The molecule has 0 atom stereocenters. The van der Waals surface area contributed by atoms with E-state index in [1.54, 1.807) is 47.0 Å². The van der Waals surface area contributed by atoms with Gasteiger partial charge >= 0.3 is 4.87 Å². The number of nitrogens with one attached hydrogen (secondary N) is 1. The molecule has 35 heavy (non-hydrogen) atoms. The van der Waals surface area contributed by atoms with Gasteiger partial charge < -0.3 is 4.52 Å². The zero-order valence-corrected chi connectivity index (χ0v) is 21.0. The lowest BCUT2D eigenvalue weighted by Crippen LogP contribution is -2.23.